The highest BCUT2D eigenvalue weighted by Gasteiger charge is 2.27. The lowest BCUT2D eigenvalue weighted by molar-refractivity contribution is 0.102. The lowest BCUT2D eigenvalue weighted by Gasteiger charge is -2.11. The van der Waals surface area contributed by atoms with Gasteiger partial charge in [-0.1, -0.05) is 0 Å². The summed E-state index contributed by atoms with van der Waals surface area (Å²) in [7, 11) is 0. The summed E-state index contributed by atoms with van der Waals surface area (Å²) in [4.78, 5) is 17.2. The normalized spacial score (nSPS) is 14.2. The maximum atomic E-state index is 12.8. The van der Waals surface area contributed by atoms with Crippen LogP contribution < -0.4 is 5.32 Å². The monoisotopic (exact) mass is 306 g/mol. The Kier molecular flexibility index (Phi) is 3.15. The minimum absolute atomic E-state index is 0.140. The van der Waals surface area contributed by atoms with Crippen molar-refractivity contribution in [3.8, 4) is 0 Å². The van der Waals surface area contributed by atoms with Gasteiger partial charge in [-0.2, -0.15) is 5.10 Å². The van der Waals surface area contributed by atoms with Crippen molar-refractivity contribution in [2.75, 3.05) is 5.32 Å². The van der Waals surface area contributed by atoms with Gasteiger partial charge in [0.1, 0.15) is 5.82 Å². The van der Waals surface area contributed by atoms with Crippen molar-refractivity contribution in [3.63, 3.8) is 0 Å². The molecule has 0 bridgehead atoms. The molecule has 1 aliphatic rings. The van der Waals surface area contributed by atoms with Gasteiger partial charge in [-0.05, 0) is 56.0 Å². The van der Waals surface area contributed by atoms with Crippen molar-refractivity contribution in [2.24, 2.45) is 0 Å². The van der Waals surface area contributed by atoms with E-state index in [1.165, 1.54) is 0 Å². The van der Waals surface area contributed by atoms with E-state index in [1.807, 2.05) is 36.7 Å². The highest BCUT2D eigenvalue weighted by atomic mass is 16.1. The summed E-state index contributed by atoms with van der Waals surface area (Å²) in [5, 5.41) is 8.32. The summed E-state index contributed by atoms with van der Waals surface area (Å²) < 4.78 is 1.90. The van der Waals surface area contributed by atoms with Crippen LogP contribution in [0, 0.1) is 13.8 Å². The van der Waals surface area contributed by atoms with Crippen LogP contribution in [0.15, 0.2) is 36.7 Å². The fraction of sp³-hybridized carbons (Fsp3) is 0.278. The smallest absolute Gasteiger partial charge is 0.259 e. The van der Waals surface area contributed by atoms with E-state index in [2.05, 4.69) is 21.5 Å². The second-order valence-electron chi connectivity index (χ2n) is 6.18. The number of carbonyl (C=O) groups is 1. The molecule has 1 aliphatic carbocycles. The van der Waals surface area contributed by atoms with E-state index in [0.29, 0.717) is 11.6 Å². The molecular weight excluding hydrogens is 288 g/mol. The lowest BCUT2D eigenvalue weighted by Crippen LogP contribution is -2.16. The number of hydrogen-bond acceptors (Lipinski definition) is 3. The standard InChI is InChI=1S/C18H18N4O/c1-11-9-14-12(2)5-7-19-17(14)15(10-11)18(23)21-16-6-8-20-22(16)13-3-4-13/h5-10,13H,3-4H2,1-2H3,(H,21,23). The van der Waals surface area contributed by atoms with Gasteiger partial charge in [-0.3, -0.25) is 9.78 Å². The highest BCUT2D eigenvalue weighted by Crippen LogP contribution is 2.36. The predicted molar refractivity (Wildman–Crippen MR) is 89.7 cm³/mol. The number of fused-ring (bicyclic) bond motifs is 1. The maximum absolute atomic E-state index is 12.8. The van der Waals surface area contributed by atoms with Crippen LogP contribution in [-0.4, -0.2) is 20.7 Å². The van der Waals surface area contributed by atoms with Crippen molar-refractivity contribution >= 4 is 22.6 Å². The van der Waals surface area contributed by atoms with Crippen LogP contribution in [0.1, 0.15) is 40.4 Å². The molecule has 1 saturated carbocycles. The van der Waals surface area contributed by atoms with E-state index in [-0.39, 0.29) is 5.91 Å². The van der Waals surface area contributed by atoms with Crippen LogP contribution in [0.2, 0.25) is 0 Å². The van der Waals surface area contributed by atoms with E-state index >= 15 is 0 Å². The average molecular weight is 306 g/mol. The summed E-state index contributed by atoms with van der Waals surface area (Å²) in [5.41, 5.74) is 3.52. The van der Waals surface area contributed by atoms with Gasteiger partial charge < -0.3 is 5.32 Å². The molecule has 0 unspecified atom stereocenters. The van der Waals surface area contributed by atoms with E-state index in [9.17, 15) is 4.79 Å². The Morgan fingerprint density at radius 2 is 2.04 bits per heavy atom. The summed E-state index contributed by atoms with van der Waals surface area (Å²) >= 11 is 0. The molecule has 4 rings (SSSR count). The van der Waals surface area contributed by atoms with Crippen molar-refractivity contribution in [1.82, 2.24) is 14.8 Å². The Morgan fingerprint density at radius 3 is 2.83 bits per heavy atom. The van der Waals surface area contributed by atoms with Gasteiger partial charge in [-0.15, -0.1) is 0 Å². The molecule has 1 amide bonds. The first-order valence-corrected chi connectivity index (χ1v) is 7.84. The molecule has 0 saturated heterocycles. The van der Waals surface area contributed by atoms with Crippen molar-refractivity contribution < 1.29 is 4.79 Å². The first-order chi connectivity index (χ1) is 11.1. The lowest BCUT2D eigenvalue weighted by atomic mass is 10.0. The number of anilines is 1. The number of pyridine rings is 1. The predicted octanol–water partition coefficient (Wildman–Crippen LogP) is 3.64. The number of aryl methyl sites for hydroxylation is 2. The molecule has 0 radical (unpaired) electrons. The minimum Gasteiger partial charge on any atom is -0.307 e. The Labute approximate surface area is 134 Å². The number of amides is 1. The first kappa shape index (κ1) is 13.9. The fourth-order valence-corrected chi connectivity index (χ4v) is 2.91. The van der Waals surface area contributed by atoms with Crippen LogP contribution in [-0.2, 0) is 0 Å². The molecule has 1 aromatic carbocycles. The molecule has 23 heavy (non-hydrogen) atoms. The molecule has 0 atom stereocenters. The number of carbonyl (C=O) groups excluding carboxylic acids is 1. The second kappa shape index (κ2) is 5.19. The molecule has 5 nitrogen and oxygen atoms in total. The molecule has 0 spiro atoms. The second-order valence-corrected chi connectivity index (χ2v) is 6.18. The summed E-state index contributed by atoms with van der Waals surface area (Å²) in [6.07, 6.45) is 5.72. The molecule has 2 heterocycles. The van der Waals surface area contributed by atoms with Crippen molar-refractivity contribution in [1.29, 1.82) is 0 Å². The minimum atomic E-state index is -0.140. The Bertz CT molecular complexity index is 909. The fourth-order valence-electron chi connectivity index (χ4n) is 2.91. The van der Waals surface area contributed by atoms with Gasteiger partial charge >= 0.3 is 0 Å². The largest absolute Gasteiger partial charge is 0.307 e. The van der Waals surface area contributed by atoms with Crippen LogP contribution in [0.25, 0.3) is 10.9 Å². The molecule has 1 fully saturated rings. The molecular formula is C18H18N4O. The number of benzene rings is 1. The molecule has 2 aromatic heterocycles. The zero-order valence-corrected chi connectivity index (χ0v) is 13.2. The highest BCUT2D eigenvalue weighted by molar-refractivity contribution is 6.12. The van der Waals surface area contributed by atoms with E-state index in [1.54, 1.807) is 12.4 Å². The number of nitrogens with zero attached hydrogens (tertiary/aromatic N) is 3. The van der Waals surface area contributed by atoms with Crippen molar-refractivity contribution in [3.05, 3.63) is 53.3 Å². The van der Waals surface area contributed by atoms with E-state index < -0.39 is 0 Å². The van der Waals surface area contributed by atoms with Gasteiger partial charge in [0.15, 0.2) is 0 Å². The van der Waals surface area contributed by atoms with Gasteiger partial charge in [0.2, 0.25) is 0 Å². The molecule has 116 valence electrons. The number of nitrogens with one attached hydrogen (secondary N) is 1. The van der Waals surface area contributed by atoms with Crippen molar-refractivity contribution in [2.45, 2.75) is 32.7 Å². The Balaban J connectivity index is 1.75. The molecule has 0 aliphatic heterocycles. The first-order valence-electron chi connectivity index (χ1n) is 7.84. The third kappa shape index (κ3) is 2.48. The quantitative estimate of drug-likeness (QED) is 0.803. The number of aromatic nitrogens is 3. The Hall–Kier alpha value is -2.69. The molecule has 3 aromatic rings. The summed E-state index contributed by atoms with van der Waals surface area (Å²) in [6, 6.07) is 8.19. The summed E-state index contributed by atoms with van der Waals surface area (Å²) in [6.45, 7) is 4.03. The molecule has 1 N–H and O–H groups in total. The van der Waals surface area contributed by atoms with E-state index in [0.717, 1.165) is 40.7 Å². The Morgan fingerprint density at radius 1 is 1.22 bits per heavy atom. The van der Waals surface area contributed by atoms with Crippen LogP contribution in [0.5, 0.6) is 0 Å². The molecule has 5 heteroatoms. The third-order valence-electron chi connectivity index (χ3n) is 4.26. The number of hydrogen-bond donors (Lipinski definition) is 1. The number of rotatable bonds is 3. The van der Waals surface area contributed by atoms with Crippen LogP contribution in [0.4, 0.5) is 5.82 Å². The van der Waals surface area contributed by atoms with Crippen LogP contribution in [0.3, 0.4) is 0 Å². The zero-order chi connectivity index (χ0) is 16.0. The zero-order valence-electron chi connectivity index (χ0n) is 13.2. The van der Waals surface area contributed by atoms with Gasteiger partial charge in [0, 0.05) is 17.6 Å². The average Bonchev–Trinajstić information content (AvgIpc) is 3.27. The van der Waals surface area contributed by atoms with Gasteiger partial charge in [-0.25, -0.2) is 4.68 Å². The third-order valence-corrected chi connectivity index (χ3v) is 4.26. The van der Waals surface area contributed by atoms with Gasteiger partial charge in [0.25, 0.3) is 5.91 Å². The summed E-state index contributed by atoms with van der Waals surface area (Å²) in [5.74, 6) is 0.610. The van der Waals surface area contributed by atoms with Gasteiger partial charge in [0.05, 0.1) is 23.3 Å². The maximum Gasteiger partial charge on any atom is 0.259 e. The van der Waals surface area contributed by atoms with E-state index in [4.69, 9.17) is 0 Å². The topological polar surface area (TPSA) is 59.8 Å². The van der Waals surface area contributed by atoms with Crippen LogP contribution >= 0.6 is 0 Å². The SMILES string of the molecule is Cc1cc(C(=O)Nc2ccnn2C2CC2)c2nccc(C)c2c1.